The van der Waals surface area contributed by atoms with E-state index in [0.29, 0.717) is 5.92 Å². The van der Waals surface area contributed by atoms with E-state index in [9.17, 15) is 4.79 Å². The number of aliphatic imine (C=N–C) groups is 1. The summed E-state index contributed by atoms with van der Waals surface area (Å²) in [5, 5.41) is 8.03. The summed E-state index contributed by atoms with van der Waals surface area (Å²) in [5.74, 6) is 1.60. The third-order valence-corrected chi connectivity index (χ3v) is 6.13. The van der Waals surface area contributed by atoms with Gasteiger partial charge in [-0.2, -0.15) is 5.10 Å². The lowest BCUT2D eigenvalue weighted by Gasteiger charge is -2.40. The molecule has 0 aromatic carbocycles. The SMILES string of the molecule is CN=C(NCCCn1nc(C)cc1C)N1CCC(N(CC2CC2)C(=O)OC(C)(C)C)CC1.I. The van der Waals surface area contributed by atoms with E-state index < -0.39 is 5.60 Å². The number of nitrogens with one attached hydrogen (secondary N) is 1. The molecule has 1 amide bonds. The number of hydrogen-bond donors (Lipinski definition) is 1. The Morgan fingerprint density at radius 1 is 1.24 bits per heavy atom. The van der Waals surface area contributed by atoms with E-state index in [2.05, 4.69) is 38.0 Å². The molecule has 2 fully saturated rings. The molecule has 3 rings (SSSR count). The van der Waals surface area contributed by atoms with E-state index in [1.807, 2.05) is 39.6 Å². The van der Waals surface area contributed by atoms with Gasteiger partial charge in [0.15, 0.2) is 5.96 Å². The van der Waals surface area contributed by atoms with E-state index in [1.54, 1.807) is 0 Å². The average molecular weight is 575 g/mol. The van der Waals surface area contributed by atoms with Crippen LogP contribution in [0.15, 0.2) is 11.1 Å². The summed E-state index contributed by atoms with van der Waals surface area (Å²) >= 11 is 0. The van der Waals surface area contributed by atoms with Gasteiger partial charge in [-0.15, -0.1) is 24.0 Å². The maximum absolute atomic E-state index is 12.9. The summed E-state index contributed by atoms with van der Waals surface area (Å²) in [5.41, 5.74) is 1.81. The number of hydrogen-bond acceptors (Lipinski definition) is 4. The van der Waals surface area contributed by atoms with Gasteiger partial charge in [0.25, 0.3) is 0 Å². The van der Waals surface area contributed by atoms with Gasteiger partial charge < -0.3 is 19.9 Å². The van der Waals surface area contributed by atoms with Crippen LogP contribution in [0.2, 0.25) is 0 Å². The molecule has 1 aliphatic heterocycles. The van der Waals surface area contributed by atoms with Gasteiger partial charge in [-0.3, -0.25) is 9.67 Å². The van der Waals surface area contributed by atoms with Crippen LogP contribution in [0.4, 0.5) is 4.79 Å². The number of aromatic nitrogens is 2. The first-order valence-corrected chi connectivity index (χ1v) is 12.1. The predicted octanol–water partition coefficient (Wildman–Crippen LogP) is 4.19. The van der Waals surface area contributed by atoms with Crippen molar-refractivity contribution >= 4 is 36.0 Å². The minimum Gasteiger partial charge on any atom is -0.444 e. The second-order valence-corrected chi connectivity index (χ2v) is 10.3. The minimum absolute atomic E-state index is 0. The second kappa shape index (κ2) is 12.3. The van der Waals surface area contributed by atoms with Gasteiger partial charge in [-0.1, -0.05) is 0 Å². The summed E-state index contributed by atoms with van der Waals surface area (Å²) in [6.07, 6.45) is 5.18. The molecule has 0 radical (unpaired) electrons. The van der Waals surface area contributed by atoms with Crippen molar-refractivity contribution in [3.05, 3.63) is 17.5 Å². The fourth-order valence-electron chi connectivity index (χ4n) is 4.32. The van der Waals surface area contributed by atoms with Crippen molar-refractivity contribution < 1.29 is 9.53 Å². The highest BCUT2D eigenvalue weighted by Gasteiger charge is 2.35. The van der Waals surface area contributed by atoms with E-state index in [1.165, 1.54) is 18.5 Å². The molecule has 33 heavy (non-hydrogen) atoms. The first kappa shape index (κ1) is 27.7. The maximum atomic E-state index is 12.9. The Morgan fingerprint density at radius 2 is 1.91 bits per heavy atom. The number of carbonyl (C=O) groups excluding carboxylic acids is 1. The van der Waals surface area contributed by atoms with E-state index >= 15 is 0 Å². The van der Waals surface area contributed by atoms with Crippen LogP contribution in [0.1, 0.15) is 64.3 Å². The molecule has 188 valence electrons. The van der Waals surface area contributed by atoms with Crippen LogP contribution in [0.25, 0.3) is 0 Å². The van der Waals surface area contributed by atoms with Gasteiger partial charge in [-0.25, -0.2) is 4.79 Å². The zero-order valence-corrected chi connectivity index (χ0v) is 23.6. The van der Waals surface area contributed by atoms with Crippen LogP contribution in [-0.4, -0.2) is 76.5 Å². The first-order chi connectivity index (χ1) is 15.2. The van der Waals surface area contributed by atoms with Crippen LogP contribution in [0.5, 0.6) is 0 Å². The molecule has 0 spiro atoms. The summed E-state index contributed by atoms with van der Waals surface area (Å²) in [4.78, 5) is 21.7. The molecule has 0 atom stereocenters. The van der Waals surface area contributed by atoms with Crippen molar-refractivity contribution in [2.75, 3.05) is 33.2 Å². The van der Waals surface area contributed by atoms with Crippen LogP contribution in [-0.2, 0) is 11.3 Å². The van der Waals surface area contributed by atoms with Crippen LogP contribution in [0.3, 0.4) is 0 Å². The number of nitrogens with zero attached hydrogens (tertiary/aromatic N) is 5. The molecule has 1 saturated carbocycles. The molecule has 1 aromatic rings. The topological polar surface area (TPSA) is 75.0 Å². The summed E-state index contributed by atoms with van der Waals surface area (Å²) in [6.45, 7) is 14.3. The van der Waals surface area contributed by atoms with Crippen molar-refractivity contribution in [2.45, 2.75) is 84.9 Å². The van der Waals surface area contributed by atoms with Crippen LogP contribution < -0.4 is 5.32 Å². The molecule has 2 aliphatic rings. The van der Waals surface area contributed by atoms with Crippen molar-refractivity contribution in [2.24, 2.45) is 10.9 Å². The Bertz CT molecular complexity index is 791. The molecular weight excluding hydrogens is 531 g/mol. The zero-order chi connectivity index (χ0) is 23.3. The van der Waals surface area contributed by atoms with E-state index in [4.69, 9.17) is 4.74 Å². The molecule has 1 aromatic heterocycles. The molecule has 1 aliphatic carbocycles. The predicted molar refractivity (Wildman–Crippen MR) is 143 cm³/mol. The fraction of sp³-hybridized carbons (Fsp3) is 0.792. The number of likely N-dealkylation sites (tertiary alicyclic amines) is 1. The second-order valence-electron chi connectivity index (χ2n) is 10.3. The molecular formula is C24H43IN6O2. The Kier molecular flexibility index (Phi) is 10.3. The number of halogens is 1. The number of aryl methyl sites for hydroxylation is 3. The lowest BCUT2D eigenvalue weighted by atomic mass is 10.0. The van der Waals surface area contributed by atoms with E-state index in [-0.39, 0.29) is 36.1 Å². The monoisotopic (exact) mass is 574 g/mol. The quantitative estimate of drug-likeness (QED) is 0.229. The lowest BCUT2D eigenvalue weighted by molar-refractivity contribution is 0.00928. The number of carbonyl (C=O) groups is 1. The summed E-state index contributed by atoms with van der Waals surface area (Å²) in [7, 11) is 1.84. The van der Waals surface area contributed by atoms with Gasteiger partial charge in [0, 0.05) is 51.5 Å². The molecule has 8 nitrogen and oxygen atoms in total. The number of amides is 1. The Morgan fingerprint density at radius 3 is 2.42 bits per heavy atom. The van der Waals surface area contributed by atoms with Gasteiger partial charge in [0.05, 0.1) is 5.69 Å². The standard InChI is InChI=1S/C24H42N6O2.HI/c1-18-16-19(2)30(27-18)13-7-12-26-22(25-6)28-14-10-21(11-15-28)29(17-20-8-9-20)23(31)32-24(3,4)5;/h16,20-21H,7-15,17H2,1-6H3,(H,25,26);1H. The molecule has 1 N–H and O–H groups in total. The van der Waals surface area contributed by atoms with Gasteiger partial charge >= 0.3 is 6.09 Å². The summed E-state index contributed by atoms with van der Waals surface area (Å²) in [6, 6.07) is 2.35. The molecule has 1 saturated heterocycles. The molecule has 0 unspecified atom stereocenters. The Labute approximate surface area is 216 Å². The van der Waals surface area contributed by atoms with Crippen molar-refractivity contribution in [1.82, 2.24) is 24.9 Å². The number of rotatable bonds is 7. The fourth-order valence-corrected chi connectivity index (χ4v) is 4.32. The van der Waals surface area contributed by atoms with Crippen LogP contribution in [0, 0.1) is 19.8 Å². The largest absolute Gasteiger partial charge is 0.444 e. The maximum Gasteiger partial charge on any atom is 0.410 e. The van der Waals surface area contributed by atoms with Crippen molar-refractivity contribution in [1.29, 1.82) is 0 Å². The lowest BCUT2D eigenvalue weighted by Crippen LogP contribution is -2.52. The Hall–Kier alpha value is -1.52. The third-order valence-electron chi connectivity index (χ3n) is 6.13. The van der Waals surface area contributed by atoms with Crippen LogP contribution >= 0.6 is 24.0 Å². The highest BCUT2D eigenvalue weighted by Crippen LogP contribution is 2.32. The van der Waals surface area contributed by atoms with Gasteiger partial charge in [0.2, 0.25) is 0 Å². The normalized spacial score (nSPS) is 17.5. The smallest absolute Gasteiger partial charge is 0.410 e. The molecule has 2 heterocycles. The number of piperidine rings is 1. The third kappa shape index (κ3) is 8.64. The summed E-state index contributed by atoms with van der Waals surface area (Å²) < 4.78 is 7.79. The van der Waals surface area contributed by atoms with Crippen molar-refractivity contribution in [3.8, 4) is 0 Å². The first-order valence-electron chi connectivity index (χ1n) is 12.1. The Balaban J connectivity index is 0.00000385. The average Bonchev–Trinajstić information content (AvgIpc) is 3.48. The van der Waals surface area contributed by atoms with Gasteiger partial charge in [0.1, 0.15) is 5.60 Å². The highest BCUT2D eigenvalue weighted by molar-refractivity contribution is 14.0. The van der Waals surface area contributed by atoms with E-state index in [0.717, 1.165) is 63.6 Å². The van der Waals surface area contributed by atoms with Gasteiger partial charge in [-0.05, 0) is 78.7 Å². The minimum atomic E-state index is -0.459. The number of ether oxygens (including phenoxy) is 1. The highest BCUT2D eigenvalue weighted by atomic mass is 127. The zero-order valence-electron chi connectivity index (χ0n) is 21.3. The number of guanidine groups is 1. The molecule has 0 bridgehead atoms. The molecule has 9 heteroatoms. The van der Waals surface area contributed by atoms with Crippen molar-refractivity contribution in [3.63, 3.8) is 0 Å².